The van der Waals surface area contributed by atoms with Crippen LogP contribution in [0.5, 0.6) is 0 Å². The summed E-state index contributed by atoms with van der Waals surface area (Å²) in [6.07, 6.45) is 4.90. The van der Waals surface area contributed by atoms with Crippen molar-refractivity contribution in [2.24, 2.45) is 5.92 Å². The third kappa shape index (κ3) is 3.04. The first-order valence-corrected chi connectivity index (χ1v) is 9.58. The molecule has 0 aromatic carbocycles. The van der Waals surface area contributed by atoms with Gasteiger partial charge >= 0.3 is 0 Å². The molecule has 2 aromatic heterocycles. The predicted molar refractivity (Wildman–Crippen MR) is 93.4 cm³/mol. The molecule has 3 nitrogen and oxygen atoms in total. The van der Waals surface area contributed by atoms with Crippen LogP contribution in [0.15, 0.2) is 5.16 Å². The summed E-state index contributed by atoms with van der Waals surface area (Å²) in [7, 11) is 0. The number of nitrogens with two attached hydrogens (primary N) is 1. The maximum Gasteiger partial charge on any atom is 0.190 e. The van der Waals surface area contributed by atoms with Crippen molar-refractivity contribution in [3.05, 3.63) is 10.4 Å². The number of anilines is 1. The first kappa shape index (κ1) is 15.1. The van der Waals surface area contributed by atoms with Crippen LogP contribution >= 0.6 is 23.1 Å². The van der Waals surface area contributed by atoms with E-state index in [0.717, 1.165) is 21.1 Å². The number of hydrogen-bond donors (Lipinski definition) is 1. The molecule has 0 amide bonds. The Balaban J connectivity index is 1.94. The number of aromatic nitrogens is 2. The first-order valence-electron chi connectivity index (χ1n) is 7.77. The lowest BCUT2D eigenvalue weighted by Crippen LogP contribution is -2.05. The Hall–Kier alpha value is -0.810. The molecule has 0 radical (unpaired) electrons. The molecular weight excluding hydrogens is 298 g/mol. The van der Waals surface area contributed by atoms with Gasteiger partial charge in [-0.3, -0.25) is 0 Å². The van der Waals surface area contributed by atoms with Crippen LogP contribution in [0.1, 0.15) is 56.4 Å². The van der Waals surface area contributed by atoms with E-state index in [2.05, 4.69) is 25.8 Å². The van der Waals surface area contributed by atoms with Crippen LogP contribution in [-0.2, 0) is 6.42 Å². The summed E-state index contributed by atoms with van der Waals surface area (Å²) >= 11 is 3.56. The summed E-state index contributed by atoms with van der Waals surface area (Å²) in [5.74, 6) is 3.05. The zero-order valence-electron chi connectivity index (χ0n) is 13.0. The number of nitrogen functional groups attached to an aromatic ring is 1. The Morgan fingerprint density at radius 2 is 2.19 bits per heavy atom. The minimum atomic E-state index is 0.591. The minimum Gasteiger partial charge on any atom is -0.383 e. The normalized spacial score (nSPS) is 18.4. The van der Waals surface area contributed by atoms with Gasteiger partial charge in [-0.1, -0.05) is 32.5 Å². The van der Waals surface area contributed by atoms with Gasteiger partial charge in [0, 0.05) is 10.6 Å². The summed E-state index contributed by atoms with van der Waals surface area (Å²) in [5.41, 5.74) is 7.69. The standard InChI is InChI=1S/C16H23N3S2/c1-9(2)7-8-20-16-18-14(17)13-12-10(3)5-4-6-11(12)21-15(13)19-16/h9-10H,4-8H2,1-3H3,(H2,17,18,19)/t10-/m1/s1. The average molecular weight is 322 g/mol. The van der Waals surface area contributed by atoms with E-state index in [0.29, 0.717) is 17.7 Å². The lowest BCUT2D eigenvalue weighted by molar-refractivity contribution is 0.602. The maximum absolute atomic E-state index is 6.26. The molecule has 0 bridgehead atoms. The quantitative estimate of drug-likeness (QED) is 0.646. The molecule has 0 saturated heterocycles. The van der Waals surface area contributed by atoms with Crippen LogP contribution in [0.3, 0.4) is 0 Å². The van der Waals surface area contributed by atoms with E-state index in [9.17, 15) is 0 Å². The number of thioether (sulfide) groups is 1. The number of aryl methyl sites for hydroxylation is 1. The van der Waals surface area contributed by atoms with Gasteiger partial charge in [0.25, 0.3) is 0 Å². The SMILES string of the molecule is CC(C)CCSc1nc(N)c2c3c(sc2n1)CCC[C@H]3C. The Morgan fingerprint density at radius 3 is 2.95 bits per heavy atom. The van der Waals surface area contributed by atoms with Crippen molar-refractivity contribution in [1.29, 1.82) is 0 Å². The lowest BCUT2D eigenvalue weighted by Gasteiger charge is -2.18. The molecule has 2 heterocycles. The fraction of sp³-hybridized carbons (Fsp3) is 0.625. The number of hydrogen-bond acceptors (Lipinski definition) is 5. The van der Waals surface area contributed by atoms with E-state index in [1.807, 2.05) is 11.3 Å². The highest BCUT2D eigenvalue weighted by molar-refractivity contribution is 7.99. The van der Waals surface area contributed by atoms with Crippen LogP contribution in [0.25, 0.3) is 10.2 Å². The Kier molecular flexibility index (Phi) is 4.41. The molecule has 0 unspecified atom stereocenters. The molecule has 114 valence electrons. The van der Waals surface area contributed by atoms with Gasteiger partial charge in [0.15, 0.2) is 5.16 Å². The third-order valence-corrected chi connectivity index (χ3v) is 6.17. The van der Waals surface area contributed by atoms with E-state index in [4.69, 9.17) is 10.7 Å². The zero-order chi connectivity index (χ0) is 15.0. The van der Waals surface area contributed by atoms with Crippen molar-refractivity contribution in [2.45, 2.75) is 57.5 Å². The second kappa shape index (κ2) is 6.13. The van der Waals surface area contributed by atoms with Crippen molar-refractivity contribution < 1.29 is 0 Å². The average Bonchev–Trinajstić information content (AvgIpc) is 2.78. The summed E-state index contributed by atoms with van der Waals surface area (Å²) in [6, 6.07) is 0. The van der Waals surface area contributed by atoms with Crippen molar-refractivity contribution in [2.75, 3.05) is 11.5 Å². The molecule has 21 heavy (non-hydrogen) atoms. The molecule has 0 fully saturated rings. The molecule has 1 atom stereocenters. The highest BCUT2D eigenvalue weighted by Crippen LogP contribution is 2.43. The Bertz CT molecular complexity index is 648. The van der Waals surface area contributed by atoms with Gasteiger partial charge in [0.1, 0.15) is 10.6 Å². The van der Waals surface area contributed by atoms with E-state index >= 15 is 0 Å². The second-order valence-electron chi connectivity index (χ2n) is 6.33. The van der Waals surface area contributed by atoms with E-state index in [1.54, 1.807) is 11.8 Å². The zero-order valence-corrected chi connectivity index (χ0v) is 14.6. The van der Waals surface area contributed by atoms with E-state index in [-0.39, 0.29) is 0 Å². The van der Waals surface area contributed by atoms with Crippen molar-refractivity contribution in [3.8, 4) is 0 Å². The molecule has 2 N–H and O–H groups in total. The monoisotopic (exact) mass is 321 g/mol. The molecule has 0 spiro atoms. The fourth-order valence-corrected chi connectivity index (χ4v) is 5.43. The van der Waals surface area contributed by atoms with Crippen LogP contribution in [-0.4, -0.2) is 15.7 Å². The topological polar surface area (TPSA) is 51.8 Å². The maximum atomic E-state index is 6.26. The molecule has 1 aliphatic carbocycles. The van der Waals surface area contributed by atoms with Crippen LogP contribution in [0.4, 0.5) is 5.82 Å². The molecular formula is C16H23N3S2. The van der Waals surface area contributed by atoms with Gasteiger partial charge in [0.05, 0.1) is 5.39 Å². The number of rotatable bonds is 4. The first-order chi connectivity index (χ1) is 10.1. The van der Waals surface area contributed by atoms with Gasteiger partial charge in [-0.15, -0.1) is 11.3 Å². The second-order valence-corrected chi connectivity index (χ2v) is 8.48. The van der Waals surface area contributed by atoms with E-state index in [1.165, 1.54) is 36.1 Å². The van der Waals surface area contributed by atoms with Gasteiger partial charge in [-0.05, 0) is 43.1 Å². The smallest absolute Gasteiger partial charge is 0.190 e. The molecule has 1 aliphatic rings. The van der Waals surface area contributed by atoms with Crippen LogP contribution in [0.2, 0.25) is 0 Å². The molecule has 2 aromatic rings. The molecule has 0 aliphatic heterocycles. The summed E-state index contributed by atoms with van der Waals surface area (Å²) in [5, 5.41) is 1.97. The van der Waals surface area contributed by atoms with Gasteiger partial charge in [-0.25, -0.2) is 9.97 Å². The van der Waals surface area contributed by atoms with Crippen molar-refractivity contribution in [3.63, 3.8) is 0 Å². The summed E-state index contributed by atoms with van der Waals surface area (Å²) in [4.78, 5) is 11.9. The molecule has 3 rings (SSSR count). The van der Waals surface area contributed by atoms with Crippen LogP contribution < -0.4 is 5.73 Å². The highest BCUT2D eigenvalue weighted by atomic mass is 32.2. The minimum absolute atomic E-state index is 0.591. The van der Waals surface area contributed by atoms with Gasteiger partial charge in [0.2, 0.25) is 0 Å². The third-order valence-electron chi connectivity index (χ3n) is 4.13. The Labute approximate surface area is 134 Å². The molecule has 0 saturated carbocycles. The highest BCUT2D eigenvalue weighted by Gasteiger charge is 2.24. The summed E-state index contributed by atoms with van der Waals surface area (Å²) in [6.45, 7) is 6.79. The fourth-order valence-electron chi connectivity index (χ4n) is 2.94. The largest absolute Gasteiger partial charge is 0.383 e. The predicted octanol–water partition coefficient (Wildman–Crippen LogP) is 4.85. The molecule has 5 heteroatoms. The number of thiophene rings is 1. The van der Waals surface area contributed by atoms with Gasteiger partial charge < -0.3 is 5.73 Å². The lowest BCUT2D eigenvalue weighted by atomic mass is 9.87. The van der Waals surface area contributed by atoms with Gasteiger partial charge in [-0.2, -0.15) is 0 Å². The van der Waals surface area contributed by atoms with Crippen molar-refractivity contribution >= 4 is 39.1 Å². The summed E-state index contributed by atoms with van der Waals surface area (Å²) < 4.78 is 0. The van der Waals surface area contributed by atoms with Crippen molar-refractivity contribution in [1.82, 2.24) is 9.97 Å². The number of fused-ring (bicyclic) bond motifs is 3. The number of nitrogens with zero attached hydrogens (tertiary/aromatic N) is 2. The van der Waals surface area contributed by atoms with E-state index < -0.39 is 0 Å². The Morgan fingerprint density at radius 1 is 1.38 bits per heavy atom. The van der Waals surface area contributed by atoms with Crippen LogP contribution in [0, 0.1) is 5.92 Å².